The molecule has 0 spiro atoms. The van der Waals surface area contributed by atoms with Crippen molar-refractivity contribution in [2.24, 2.45) is 0 Å². The number of rotatable bonds is 6. The van der Waals surface area contributed by atoms with Crippen LogP contribution in [0, 0.1) is 0 Å². The maximum absolute atomic E-state index is 5.33. The lowest BCUT2D eigenvalue weighted by Crippen LogP contribution is -2.15. The minimum absolute atomic E-state index is 0.772. The summed E-state index contributed by atoms with van der Waals surface area (Å²) in [6, 6.07) is 7.23. The van der Waals surface area contributed by atoms with Gasteiger partial charge in [0.15, 0.2) is 0 Å². The predicted molar refractivity (Wildman–Crippen MR) is 82.2 cm³/mol. The highest BCUT2D eigenvalue weighted by molar-refractivity contribution is 7.19. The van der Waals surface area contributed by atoms with E-state index in [1.54, 1.807) is 12.7 Å². The van der Waals surface area contributed by atoms with Gasteiger partial charge in [0.2, 0.25) is 0 Å². The van der Waals surface area contributed by atoms with Crippen LogP contribution in [0.15, 0.2) is 18.2 Å². The van der Waals surface area contributed by atoms with Crippen molar-refractivity contribution in [2.75, 3.05) is 7.11 Å². The summed E-state index contributed by atoms with van der Waals surface area (Å²) in [5, 5.41) is 5.06. The van der Waals surface area contributed by atoms with E-state index in [2.05, 4.69) is 30.4 Å². The third kappa shape index (κ3) is 2.77. The highest BCUT2D eigenvalue weighted by atomic mass is 32.1. The van der Waals surface area contributed by atoms with Gasteiger partial charge in [-0.2, -0.15) is 0 Å². The van der Waals surface area contributed by atoms with E-state index in [1.165, 1.54) is 40.6 Å². The van der Waals surface area contributed by atoms with E-state index >= 15 is 0 Å². The summed E-state index contributed by atoms with van der Waals surface area (Å²) in [5.74, 6) is 0.957. The first kappa shape index (κ1) is 12.9. The van der Waals surface area contributed by atoms with Gasteiger partial charge in [0.25, 0.3) is 0 Å². The molecule has 19 heavy (non-hydrogen) atoms. The smallest absolute Gasteiger partial charge is 0.120 e. The van der Waals surface area contributed by atoms with Crippen molar-refractivity contribution in [3.05, 3.63) is 28.6 Å². The first-order chi connectivity index (χ1) is 9.31. The molecular formula is C16H21NOS. The molecule has 1 N–H and O–H groups in total. The van der Waals surface area contributed by atoms with Crippen LogP contribution in [0.1, 0.15) is 36.6 Å². The molecule has 3 rings (SSSR count). The van der Waals surface area contributed by atoms with E-state index in [1.807, 2.05) is 11.3 Å². The number of thiophene rings is 1. The number of fused-ring (bicyclic) bond motifs is 1. The van der Waals surface area contributed by atoms with Crippen LogP contribution in [0.4, 0.5) is 0 Å². The monoisotopic (exact) mass is 275 g/mol. The second-order valence-electron chi connectivity index (χ2n) is 5.27. The molecule has 3 heteroatoms. The molecule has 0 radical (unpaired) electrons. The molecule has 1 aromatic heterocycles. The first-order valence-corrected chi connectivity index (χ1v) is 7.95. The van der Waals surface area contributed by atoms with Crippen LogP contribution in [0.3, 0.4) is 0 Å². The molecular weight excluding hydrogens is 254 g/mol. The molecule has 1 aliphatic rings. The molecule has 102 valence electrons. The summed E-state index contributed by atoms with van der Waals surface area (Å²) in [7, 11) is 1.73. The summed E-state index contributed by atoms with van der Waals surface area (Å²) in [6.45, 7) is 3.28. The van der Waals surface area contributed by atoms with Gasteiger partial charge in [0.1, 0.15) is 5.75 Å². The van der Waals surface area contributed by atoms with Crippen molar-refractivity contribution in [3.8, 4) is 5.75 Å². The van der Waals surface area contributed by atoms with Gasteiger partial charge in [-0.05, 0) is 48.4 Å². The minimum atomic E-state index is 0.772. The van der Waals surface area contributed by atoms with Crippen molar-refractivity contribution in [2.45, 2.75) is 45.2 Å². The molecule has 0 saturated heterocycles. The van der Waals surface area contributed by atoms with Gasteiger partial charge in [-0.15, -0.1) is 11.3 Å². The van der Waals surface area contributed by atoms with Crippen molar-refractivity contribution in [3.63, 3.8) is 0 Å². The lowest BCUT2D eigenvalue weighted by atomic mass is 10.1. The SMILES string of the molecule is CCCc1c(CNC2CC2)sc2cc(OC)ccc12. The molecule has 1 aliphatic carbocycles. The lowest BCUT2D eigenvalue weighted by molar-refractivity contribution is 0.415. The fourth-order valence-corrected chi connectivity index (χ4v) is 3.73. The van der Waals surface area contributed by atoms with Crippen LogP contribution in [0.5, 0.6) is 5.75 Å². The molecule has 0 amide bonds. The van der Waals surface area contributed by atoms with E-state index in [0.717, 1.165) is 18.3 Å². The molecule has 1 saturated carbocycles. The van der Waals surface area contributed by atoms with E-state index in [0.29, 0.717) is 0 Å². The number of ether oxygens (including phenoxy) is 1. The number of aryl methyl sites for hydroxylation is 1. The van der Waals surface area contributed by atoms with Crippen LogP contribution in [0.2, 0.25) is 0 Å². The summed E-state index contributed by atoms with van der Waals surface area (Å²) in [6.07, 6.45) is 5.08. The molecule has 0 unspecified atom stereocenters. The van der Waals surface area contributed by atoms with Crippen LogP contribution in [-0.4, -0.2) is 13.2 Å². The number of methoxy groups -OCH3 is 1. The molecule has 1 fully saturated rings. The Balaban J connectivity index is 1.94. The van der Waals surface area contributed by atoms with E-state index in [4.69, 9.17) is 4.74 Å². The maximum atomic E-state index is 5.33. The van der Waals surface area contributed by atoms with Crippen molar-refractivity contribution in [1.82, 2.24) is 5.32 Å². The van der Waals surface area contributed by atoms with Crippen molar-refractivity contribution in [1.29, 1.82) is 0 Å². The van der Waals surface area contributed by atoms with Crippen LogP contribution < -0.4 is 10.1 Å². The Morgan fingerprint density at radius 2 is 2.21 bits per heavy atom. The molecule has 2 nitrogen and oxygen atoms in total. The van der Waals surface area contributed by atoms with Crippen LogP contribution in [-0.2, 0) is 13.0 Å². The quantitative estimate of drug-likeness (QED) is 0.856. The fourth-order valence-electron chi connectivity index (χ4n) is 2.50. The van der Waals surface area contributed by atoms with Gasteiger partial charge < -0.3 is 10.1 Å². The van der Waals surface area contributed by atoms with Gasteiger partial charge in [-0.25, -0.2) is 0 Å². The average Bonchev–Trinajstić information content (AvgIpc) is 3.20. The number of hydrogen-bond acceptors (Lipinski definition) is 3. The van der Waals surface area contributed by atoms with Crippen molar-refractivity contribution < 1.29 is 4.74 Å². The molecule has 2 aromatic rings. The lowest BCUT2D eigenvalue weighted by Gasteiger charge is -2.04. The molecule has 0 atom stereocenters. The zero-order chi connectivity index (χ0) is 13.2. The van der Waals surface area contributed by atoms with E-state index in [-0.39, 0.29) is 0 Å². The van der Waals surface area contributed by atoms with Crippen LogP contribution in [0.25, 0.3) is 10.1 Å². The van der Waals surface area contributed by atoms with E-state index < -0.39 is 0 Å². The van der Waals surface area contributed by atoms with Gasteiger partial charge >= 0.3 is 0 Å². The number of nitrogens with one attached hydrogen (secondary N) is 1. The Kier molecular flexibility index (Phi) is 3.76. The number of hydrogen-bond donors (Lipinski definition) is 1. The van der Waals surface area contributed by atoms with Crippen LogP contribution >= 0.6 is 11.3 Å². The zero-order valence-electron chi connectivity index (χ0n) is 11.7. The summed E-state index contributed by atoms with van der Waals surface area (Å²) in [4.78, 5) is 1.51. The first-order valence-electron chi connectivity index (χ1n) is 7.13. The fraction of sp³-hybridized carbons (Fsp3) is 0.500. The largest absolute Gasteiger partial charge is 0.497 e. The molecule has 1 aromatic carbocycles. The zero-order valence-corrected chi connectivity index (χ0v) is 12.5. The Morgan fingerprint density at radius 1 is 1.37 bits per heavy atom. The van der Waals surface area contributed by atoms with Gasteiger partial charge in [0, 0.05) is 22.2 Å². The van der Waals surface area contributed by atoms with Gasteiger partial charge in [-0.3, -0.25) is 0 Å². The maximum Gasteiger partial charge on any atom is 0.120 e. The third-order valence-corrected chi connectivity index (χ3v) is 4.91. The van der Waals surface area contributed by atoms with E-state index in [9.17, 15) is 0 Å². The highest BCUT2D eigenvalue weighted by Gasteiger charge is 2.21. The van der Waals surface area contributed by atoms with Gasteiger partial charge in [-0.1, -0.05) is 13.3 Å². The standard InChI is InChI=1S/C16H21NOS/c1-3-4-13-14-8-7-12(18-2)9-15(14)19-16(13)10-17-11-5-6-11/h7-9,11,17H,3-6,10H2,1-2H3. The highest BCUT2D eigenvalue weighted by Crippen LogP contribution is 2.35. The molecule has 0 bridgehead atoms. The van der Waals surface area contributed by atoms with Crippen molar-refractivity contribution >= 4 is 21.4 Å². The normalized spacial score (nSPS) is 15.1. The Bertz CT molecular complexity index is 571. The Morgan fingerprint density at radius 3 is 2.89 bits per heavy atom. The number of benzene rings is 1. The Hall–Kier alpha value is -1.06. The summed E-state index contributed by atoms with van der Waals surface area (Å²) >= 11 is 1.92. The van der Waals surface area contributed by atoms with Gasteiger partial charge in [0.05, 0.1) is 7.11 Å². The second kappa shape index (κ2) is 5.51. The molecule has 0 aliphatic heterocycles. The average molecular weight is 275 g/mol. The third-order valence-electron chi connectivity index (χ3n) is 3.71. The second-order valence-corrected chi connectivity index (χ2v) is 6.41. The summed E-state index contributed by atoms with van der Waals surface area (Å²) in [5.41, 5.74) is 1.54. The minimum Gasteiger partial charge on any atom is -0.497 e. The Labute approximate surface area is 118 Å². The predicted octanol–water partition coefficient (Wildman–Crippen LogP) is 4.11. The molecule has 1 heterocycles. The summed E-state index contributed by atoms with van der Waals surface area (Å²) < 4.78 is 6.69. The topological polar surface area (TPSA) is 21.3 Å².